The molecule has 8 heteroatoms. The number of thiophene rings is 1. The Morgan fingerprint density at radius 2 is 1.97 bits per heavy atom. The van der Waals surface area contributed by atoms with Crippen LogP contribution in [0.4, 0.5) is 5.00 Å². The summed E-state index contributed by atoms with van der Waals surface area (Å²) < 4.78 is 11.0. The van der Waals surface area contributed by atoms with Gasteiger partial charge in [0.25, 0.3) is 5.91 Å². The first-order chi connectivity index (χ1) is 16.0. The number of hydrogen-bond donors (Lipinski definition) is 1. The van der Waals surface area contributed by atoms with E-state index in [0.717, 1.165) is 41.7 Å². The lowest BCUT2D eigenvalue weighted by Gasteiger charge is -2.12. The third-order valence-corrected chi connectivity index (χ3v) is 6.74. The number of carbonyl (C=O) groups excluding carboxylic acids is 2. The van der Waals surface area contributed by atoms with Crippen LogP contribution in [0.5, 0.6) is 0 Å². The molecule has 0 aliphatic heterocycles. The Morgan fingerprint density at radius 1 is 1.21 bits per heavy atom. The van der Waals surface area contributed by atoms with Crippen LogP contribution in [0.25, 0.3) is 17.4 Å². The maximum Gasteiger partial charge on any atom is 0.341 e. The third-order valence-electron chi connectivity index (χ3n) is 5.29. The lowest BCUT2D eigenvalue weighted by molar-refractivity contribution is -0.112. The highest BCUT2D eigenvalue weighted by molar-refractivity contribution is 7.17. The number of hydrogen-bond acceptors (Lipinski definition) is 6. The molecular formula is C25H21ClN2O4S. The fourth-order valence-electron chi connectivity index (χ4n) is 3.73. The number of benzene rings is 1. The van der Waals surface area contributed by atoms with Crippen molar-refractivity contribution in [3.63, 3.8) is 0 Å². The first-order valence-electron chi connectivity index (χ1n) is 10.6. The molecule has 1 N–H and O–H groups in total. The summed E-state index contributed by atoms with van der Waals surface area (Å²) in [6.07, 6.45) is 5.05. The van der Waals surface area contributed by atoms with E-state index >= 15 is 0 Å². The number of furan rings is 1. The maximum atomic E-state index is 12.9. The summed E-state index contributed by atoms with van der Waals surface area (Å²) in [6.45, 7) is 1.99. The van der Waals surface area contributed by atoms with Gasteiger partial charge < -0.3 is 14.5 Å². The molecule has 0 bridgehead atoms. The SMILES string of the molecule is CCOC(=O)c1c(NC(=O)/C(C#N)=C/c2ccc(-c3ccc(Cl)cc3)o2)sc2c1CCCC2. The van der Waals surface area contributed by atoms with Crippen molar-refractivity contribution < 1.29 is 18.7 Å². The zero-order chi connectivity index (χ0) is 23.4. The van der Waals surface area contributed by atoms with E-state index < -0.39 is 11.9 Å². The van der Waals surface area contributed by atoms with E-state index in [1.54, 1.807) is 31.2 Å². The summed E-state index contributed by atoms with van der Waals surface area (Å²) in [6, 6.07) is 12.5. The molecule has 0 atom stereocenters. The van der Waals surface area contributed by atoms with E-state index in [0.29, 0.717) is 27.1 Å². The van der Waals surface area contributed by atoms with Crippen molar-refractivity contribution in [2.24, 2.45) is 0 Å². The van der Waals surface area contributed by atoms with Gasteiger partial charge in [-0.15, -0.1) is 11.3 Å². The van der Waals surface area contributed by atoms with Crippen LogP contribution in [-0.2, 0) is 22.4 Å². The van der Waals surface area contributed by atoms with Crippen LogP contribution >= 0.6 is 22.9 Å². The van der Waals surface area contributed by atoms with Gasteiger partial charge >= 0.3 is 5.97 Å². The van der Waals surface area contributed by atoms with Crippen LogP contribution < -0.4 is 5.32 Å². The Morgan fingerprint density at radius 3 is 2.70 bits per heavy atom. The number of ether oxygens (including phenoxy) is 1. The Labute approximate surface area is 200 Å². The second-order valence-electron chi connectivity index (χ2n) is 7.47. The molecule has 6 nitrogen and oxygen atoms in total. The normalized spacial score (nSPS) is 13.2. The second kappa shape index (κ2) is 10.1. The van der Waals surface area contributed by atoms with Crippen molar-refractivity contribution in [3.05, 3.63) is 68.8 Å². The molecular weight excluding hydrogens is 460 g/mol. The molecule has 0 saturated heterocycles. The molecule has 0 radical (unpaired) electrons. The number of nitrogens with one attached hydrogen (secondary N) is 1. The number of esters is 1. The average molecular weight is 481 g/mol. The average Bonchev–Trinajstić information content (AvgIpc) is 3.42. The molecule has 1 amide bonds. The molecule has 3 aromatic rings. The maximum absolute atomic E-state index is 12.9. The van der Waals surface area contributed by atoms with Crippen molar-refractivity contribution in [2.75, 3.05) is 11.9 Å². The highest BCUT2D eigenvalue weighted by Gasteiger charge is 2.27. The van der Waals surface area contributed by atoms with Gasteiger partial charge in [0.2, 0.25) is 0 Å². The van der Waals surface area contributed by atoms with Crippen molar-refractivity contribution in [2.45, 2.75) is 32.6 Å². The van der Waals surface area contributed by atoms with Gasteiger partial charge in [0, 0.05) is 21.5 Å². The van der Waals surface area contributed by atoms with E-state index in [1.807, 2.05) is 18.2 Å². The van der Waals surface area contributed by atoms with Crippen LogP contribution in [0.15, 0.2) is 46.4 Å². The molecule has 2 heterocycles. The number of nitrogens with zero attached hydrogens (tertiary/aromatic N) is 1. The monoisotopic (exact) mass is 480 g/mol. The van der Waals surface area contributed by atoms with Gasteiger partial charge in [-0.2, -0.15) is 5.26 Å². The second-order valence-corrected chi connectivity index (χ2v) is 9.01. The van der Waals surface area contributed by atoms with Gasteiger partial charge in [0.15, 0.2) is 0 Å². The largest absolute Gasteiger partial charge is 0.462 e. The lowest BCUT2D eigenvalue weighted by Crippen LogP contribution is -2.16. The minimum absolute atomic E-state index is 0.131. The fraction of sp³-hybridized carbons (Fsp3) is 0.240. The Bertz CT molecular complexity index is 1260. The summed E-state index contributed by atoms with van der Waals surface area (Å²) in [4.78, 5) is 26.6. The number of aryl methyl sites for hydroxylation is 1. The van der Waals surface area contributed by atoms with Crippen LogP contribution in [0.2, 0.25) is 5.02 Å². The summed E-state index contributed by atoms with van der Waals surface area (Å²) in [5, 5.41) is 13.4. The molecule has 0 spiro atoms. The number of fused-ring (bicyclic) bond motifs is 1. The molecule has 1 aromatic carbocycles. The van der Waals surface area contributed by atoms with E-state index in [2.05, 4.69) is 5.32 Å². The van der Waals surface area contributed by atoms with Gasteiger partial charge in [-0.3, -0.25) is 4.79 Å². The Hall–Kier alpha value is -3.34. The summed E-state index contributed by atoms with van der Waals surface area (Å²) in [5.41, 5.74) is 2.05. The number of halogens is 1. The number of carbonyl (C=O) groups is 2. The molecule has 33 heavy (non-hydrogen) atoms. The van der Waals surface area contributed by atoms with E-state index in [9.17, 15) is 14.9 Å². The van der Waals surface area contributed by atoms with E-state index in [-0.39, 0.29) is 12.2 Å². The molecule has 2 aromatic heterocycles. The van der Waals surface area contributed by atoms with Crippen LogP contribution in [0.3, 0.4) is 0 Å². The molecule has 1 aliphatic rings. The summed E-state index contributed by atoms with van der Waals surface area (Å²) in [7, 11) is 0. The minimum Gasteiger partial charge on any atom is -0.462 e. The smallest absolute Gasteiger partial charge is 0.341 e. The highest BCUT2D eigenvalue weighted by Crippen LogP contribution is 2.39. The van der Waals surface area contributed by atoms with Gasteiger partial charge in [-0.05, 0) is 74.6 Å². The van der Waals surface area contributed by atoms with Gasteiger partial charge in [-0.25, -0.2) is 4.79 Å². The molecule has 168 valence electrons. The highest BCUT2D eigenvalue weighted by atomic mass is 35.5. The first-order valence-corrected chi connectivity index (χ1v) is 11.8. The van der Waals surface area contributed by atoms with Gasteiger partial charge in [0.1, 0.15) is 28.2 Å². The van der Waals surface area contributed by atoms with Crippen molar-refractivity contribution in [1.82, 2.24) is 0 Å². The van der Waals surface area contributed by atoms with E-state index in [1.165, 1.54) is 17.4 Å². The number of rotatable bonds is 6. The molecule has 4 rings (SSSR count). The molecule has 1 aliphatic carbocycles. The Balaban J connectivity index is 1.58. The van der Waals surface area contributed by atoms with Crippen molar-refractivity contribution in [3.8, 4) is 17.4 Å². The van der Waals surface area contributed by atoms with Crippen molar-refractivity contribution >= 4 is 45.9 Å². The number of nitriles is 1. The minimum atomic E-state index is -0.605. The predicted octanol–water partition coefficient (Wildman–Crippen LogP) is 6.26. The number of amides is 1. The fourth-order valence-corrected chi connectivity index (χ4v) is 5.13. The zero-order valence-electron chi connectivity index (χ0n) is 17.9. The quantitative estimate of drug-likeness (QED) is 0.255. The van der Waals surface area contributed by atoms with Gasteiger partial charge in [-0.1, -0.05) is 11.6 Å². The van der Waals surface area contributed by atoms with E-state index in [4.69, 9.17) is 20.8 Å². The summed E-state index contributed by atoms with van der Waals surface area (Å²) >= 11 is 7.30. The predicted molar refractivity (Wildman–Crippen MR) is 128 cm³/mol. The molecule has 0 fully saturated rings. The van der Waals surface area contributed by atoms with Crippen molar-refractivity contribution in [1.29, 1.82) is 5.26 Å². The standard InChI is InChI=1S/C25H21ClN2O4S/c1-2-31-25(30)22-19-5-3-4-6-21(19)33-24(22)28-23(29)16(14-27)13-18-11-12-20(32-18)15-7-9-17(26)10-8-15/h7-13H,2-6H2,1H3,(H,28,29)/b16-13+. The summed E-state index contributed by atoms with van der Waals surface area (Å²) in [5.74, 6) is -0.103. The zero-order valence-corrected chi connectivity index (χ0v) is 19.5. The topological polar surface area (TPSA) is 92.3 Å². The lowest BCUT2D eigenvalue weighted by atomic mass is 9.95. The van der Waals surface area contributed by atoms with Crippen LogP contribution in [-0.4, -0.2) is 18.5 Å². The molecule has 0 saturated carbocycles. The third kappa shape index (κ3) is 5.03. The van der Waals surface area contributed by atoms with Crippen LogP contribution in [0, 0.1) is 11.3 Å². The number of anilines is 1. The van der Waals surface area contributed by atoms with Crippen LogP contribution in [0.1, 0.15) is 46.3 Å². The molecule has 0 unspecified atom stereocenters. The van der Waals surface area contributed by atoms with Gasteiger partial charge in [0.05, 0.1) is 12.2 Å². The first kappa shape index (κ1) is 22.8. The Kier molecular flexibility index (Phi) is 6.97.